The van der Waals surface area contributed by atoms with Crippen LogP contribution in [0.4, 0.5) is 0 Å². The molecule has 0 bridgehead atoms. The normalized spacial score (nSPS) is 10.1. The highest BCUT2D eigenvalue weighted by Gasteiger charge is 2.00. The van der Waals surface area contributed by atoms with Crippen LogP contribution in [0, 0.1) is 6.92 Å². The van der Waals surface area contributed by atoms with Gasteiger partial charge in [-0.1, -0.05) is 12.1 Å². The molecule has 2 aromatic rings. The van der Waals surface area contributed by atoms with Gasteiger partial charge in [0.1, 0.15) is 11.6 Å². The monoisotopic (exact) mass is 187 g/mol. The predicted octanol–water partition coefficient (Wildman–Crippen LogP) is 1.55. The molecule has 0 aliphatic heterocycles. The summed E-state index contributed by atoms with van der Waals surface area (Å²) in [6.45, 7) is 1.78. The van der Waals surface area contributed by atoms with Crippen LogP contribution in [0.3, 0.4) is 0 Å². The minimum atomic E-state index is 0.221. The van der Waals surface area contributed by atoms with Gasteiger partial charge in [0.25, 0.3) is 0 Å². The third-order valence-electron chi connectivity index (χ3n) is 1.81. The Morgan fingerprint density at radius 1 is 1.29 bits per heavy atom. The molecule has 70 valence electrons. The largest absolute Gasteiger partial charge is 0.508 e. The average molecular weight is 187 g/mol. The topological polar surface area (TPSA) is 58.9 Å². The molecule has 0 aliphatic rings. The zero-order valence-electron chi connectivity index (χ0n) is 7.68. The number of phenols is 1. The lowest BCUT2D eigenvalue weighted by Gasteiger charge is -2.00. The summed E-state index contributed by atoms with van der Waals surface area (Å²) in [7, 11) is 0. The van der Waals surface area contributed by atoms with E-state index in [9.17, 15) is 5.11 Å². The second-order valence-corrected chi connectivity index (χ2v) is 2.94. The standard InChI is InChI=1S/C10H9N3O/c1-7-12-10(6-11-13-7)8-3-2-4-9(14)5-8/h2-6,14H,1H3. The van der Waals surface area contributed by atoms with E-state index in [-0.39, 0.29) is 5.75 Å². The third kappa shape index (κ3) is 1.69. The number of nitrogens with zero attached hydrogens (tertiary/aromatic N) is 3. The second kappa shape index (κ2) is 3.41. The number of aryl methyl sites for hydroxylation is 1. The SMILES string of the molecule is Cc1nncc(-c2cccc(O)c2)n1. The lowest BCUT2D eigenvalue weighted by molar-refractivity contribution is 0.475. The minimum Gasteiger partial charge on any atom is -0.508 e. The van der Waals surface area contributed by atoms with Crippen molar-refractivity contribution in [2.45, 2.75) is 6.92 Å². The Hall–Kier alpha value is -1.97. The highest BCUT2D eigenvalue weighted by atomic mass is 16.3. The van der Waals surface area contributed by atoms with E-state index in [1.54, 1.807) is 31.3 Å². The summed E-state index contributed by atoms with van der Waals surface area (Å²) in [5.41, 5.74) is 1.55. The first-order chi connectivity index (χ1) is 6.75. The van der Waals surface area contributed by atoms with Gasteiger partial charge in [-0.15, -0.1) is 5.10 Å². The summed E-state index contributed by atoms with van der Waals surface area (Å²) < 4.78 is 0. The number of benzene rings is 1. The molecule has 0 saturated heterocycles. The summed E-state index contributed by atoms with van der Waals surface area (Å²) in [6.07, 6.45) is 1.57. The van der Waals surface area contributed by atoms with Gasteiger partial charge in [0.2, 0.25) is 0 Å². The van der Waals surface area contributed by atoms with E-state index in [4.69, 9.17) is 0 Å². The highest BCUT2D eigenvalue weighted by molar-refractivity contribution is 5.59. The van der Waals surface area contributed by atoms with Crippen LogP contribution >= 0.6 is 0 Å². The van der Waals surface area contributed by atoms with Crippen LogP contribution in [0.1, 0.15) is 5.82 Å². The van der Waals surface area contributed by atoms with E-state index >= 15 is 0 Å². The van der Waals surface area contributed by atoms with E-state index in [0.717, 1.165) is 5.56 Å². The summed E-state index contributed by atoms with van der Waals surface area (Å²) in [6, 6.07) is 6.89. The molecule has 1 N–H and O–H groups in total. The Bertz CT molecular complexity index is 413. The fraction of sp³-hybridized carbons (Fsp3) is 0.100. The van der Waals surface area contributed by atoms with Crippen molar-refractivity contribution in [1.82, 2.24) is 15.2 Å². The Labute approximate surface area is 81.3 Å². The fourth-order valence-corrected chi connectivity index (χ4v) is 1.20. The first-order valence-electron chi connectivity index (χ1n) is 4.21. The van der Waals surface area contributed by atoms with Crippen molar-refractivity contribution in [2.24, 2.45) is 0 Å². The number of aromatic nitrogens is 3. The molecule has 0 atom stereocenters. The van der Waals surface area contributed by atoms with Crippen LogP contribution < -0.4 is 0 Å². The molecule has 2 rings (SSSR count). The van der Waals surface area contributed by atoms with Crippen LogP contribution in [0.2, 0.25) is 0 Å². The Kier molecular flexibility index (Phi) is 2.10. The maximum atomic E-state index is 9.28. The van der Waals surface area contributed by atoms with Crippen molar-refractivity contribution >= 4 is 0 Å². The molecule has 0 fully saturated rings. The zero-order chi connectivity index (χ0) is 9.97. The third-order valence-corrected chi connectivity index (χ3v) is 1.81. The molecule has 1 aromatic heterocycles. The predicted molar refractivity (Wildman–Crippen MR) is 51.7 cm³/mol. The maximum Gasteiger partial charge on any atom is 0.148 e. The van der Waals surface area contributed by atoms with Gasteiger partial charge in [-0.3, -0.25) is 0 Å². The number of phenolic OH excluding ortho intramolecular Hbond substituents is 1. The fourth-order valence-electron chi connectivity index (χ4n) is 1.20. The smallest absolute Gasteiger partial charge is 0.148 e. The van der Waals surface area contributed by atoms with E-state index < -0.39 is 0 Å². The first kappa shape index (κ1) is 8.62. The first-order valence-corrected chi connectivity index (χ1v) is 4.21. The average Bonchev–Trinajstić information content (AvgIpc) is 2.18. The highest BCUT2D eigenvalue weighted by Crippen LogP contribution is 2.20. The van der Waals surface area contributed by atoms with Crippen molar-refractivity contribution < 1.29 is 5.11 Å². The molecule has 0 radical (unpaired) electrons. The van der Waals surface area contributed by atoms with Gasteiger partial charge in [0.05, 0.1) is 11.9 Å². The number of hydrogen-bond acceptors (Lipinski definition) is 4. The van der Waals surface area contributed by atoms with E-state index in [1.165, 1.54) is 0 Å². The molecule has 0 saturated carbocycles. The molecule has 1 aromatic carbocycles. The molecular weight excluding hydrogens is 178 g/mol. The van der Waals surface area contributed by atoms with Gasteiger partial charge in [0.15, 0.2) is 0 Å². The van der Waals surface area contributed by atoms with Gasteiger partial charge in [-0.05, 0) is 19.1 Å². The van der Waals surface area contributed by atoms with Crippen LogP contribution in [0.15, 0.2) is 30.5 Å². The Morgan fingerprint density at radius 2 is 2.14 bits per heavy atom. The van der Waals surface area contributed by atoms with Gasteiger partial charge in [-0.2, -0.15) is 5.10 Å². The molecule has 0 spiro atoms. The van der Waals surface area contributed by atoms with Gasteiger partial charge in [0, 0.05) is 5.56 Å². The minimum absolute atomic E-state index is 0.221. The van der Waals surface area contributed by atoms with Gasteiger partial charge in [-0.25, -0.2) is 4.98 Å². The zero-order valence-corrected chi connectivity index (χ0v) is 7.68. The second-order valence-electron chi connectivity index (χ2n) is 2.94. The van der Waals surface area contributed by atoms with Crippen LogP contribution in [-0.2, 0) is 0 Å². The van der Waals surface area contributed by atoms with Gasteiger partial charge < -0.3 is 5.11 Å². The molecular formula is C10H9N3O. The molecule has 0 unspecified atom stereocenters. The number of hydrogen-bond donors (Lipinski definition) is 1. The van der Waals surface area contributed by atoms with Crippen molar-refractivity contribution in [3.8, 4) is 17.0 Å². The molecule has 4 nitrogen and oxygen atoms in total. The molecule has 1 heterocycles. The summed E-state index contributed by atoms with van der Waals surface area (Å²) in [5.74, 6) is 0.838. The Balaban J connectivity index is 2.49. The van der Waals surface area contributed by atoms with E-state index in [1.807, 2.05) is 6.07 Å². The molecule has 14 heavy (non-hydrogen) atoms. The van der Waals surface area contributed by atoms with Crippen molar-refractivity contribution in [1.29, 1.82) is 0 Å². The lowest BCUT2D eigenvalue weighted by atomic mass is 10.1. The molecule has 0 amide bonds. The quantitative estimate of drug-likeness (QED) is 0.735. The van der Waals surface area contributed by atoms with Crippen molar-refractivity contribution in [3.63, 3.8) is 0 Å². The van der Waals surface area contributed by atoms with Crippen LogP contribution in [0.25, 0.3) is 11.3 Å². The number of rotatable bonds is 1. The summed E-state index contributed by atoms with van der Waals surface area (Å²) in [4.78, 5) is 4.20. The van der Waals surface area contributed by atoms with Crippen LogP contribution in [0.5, 0.6) is 5.75 Å². The molecule has 4 heteroatoms. The van der Waals surface area contributed by atoms with Crippen molar-refractivity contribution in [2.75, 3.05) is 0 Å². The summed E-state index contributed by atoms with van der Waals surface area (Å²) >= 11 is 0. The van der Waals surface area contributed by atoms with E-state index in [2.05, 4.69) is 15.2 Å². The lowest BCUT2D eigenvalue weighted by Crippen LogP contribution is -1.93. The van der Waals surface area contributed by atoms with Crippen LogP contribution in [-0.4, -0.2) is 20.3 Å². The Morgan fingerprint density at radius 3 is 2.86 bits per heavy atom. The molecule has 0 aliphatic carbocycles. The van der Waals surface area contributed by atoms with Crippen molar-refractivity contribution in [3.05, 3.63) is 36.3 Å². The van der Waals surface area contributed by atoms with Gasteiger partial charge >= 0.3 is 0 Å². The summed E-state index contributed by atoms with van der Waals surface area (Å²) in [5, 5.41) is 16.8. The maximum absolute atomic E-state index is 9.28. The van der Waals surface area contributed by atoms with E-state index in [0.29, 0.717) is 11.5 Å². The number of aromatic hydroxyl groups is 1.